The molecular weight excluding hydrogens is 300 g/mol. The predicted octanol–water partition coefficient (Wildman–Crippen LogP) is 2.62. The van der Waals surface area contributed by atoms with Crippen molar-refractivity contribution < 1.29 is 4.79 Å². The van der Waals surface area contributed by atoms with E-state index in [9.17, 15) is 4.79 Å². The predicted molar refractivity (Wildman–Crippen MR) is 93.3 cm³/mol. The smallest absolute Gasteiger partial charge is 0.255 e. The lowest BCUT2D eigenvalue weighted by Crippen LogP contribution is -2.49. The van der Waals surface area contributed by atoms with Crippen LogP contribution in [0.1, 0.15) is 40.2 Å². The second-order valence-electron chi connectivity index (χ2n) is 6.72. The van der Waals surface area contributed by atoms with Crippen LogP contribution in [0, 0.1) is 6.92 Å². The van der Waals surface area contributed by atoms with Crippen molar-refractivity contribution in [3.63, 3.8) is 0 Å². The molecule has 124 valence electrons. The molecule has 0 radical (unpaired) electrons. The highest BCUT2D eigenvalue weighted by Crippen LogP contribution is 2.44. The number of aryl methyl sites for hydroxylation is 1. The third kappa shape index (κ3) is 2.98. The van der Waals surface area contributed by atoms with Gasteiger partial charge in [0.05, 0.1) is 5.56 Å². The molecule has 24 heavy (non-hydrogen) atoms. The van der Waals surface area contributed by atoms with Gasteiger partial charge in [0, 0.05) is 44.8 Å². The zero-order valence-corrected chi connectivity index (χ0v) is 14.0. The van der Waals surface area contributed by atoms with Crippen molar-refractivity contribution in [3.8, 4) is 0 Å². The molecule has 1 aliphatic heterocycles. The van der Waals surface area contributed by atoms with Crippen molar-refractivity contribution in [1.29, 1.82) is 0 Å². The summed E-state index contributed by atoms with van der Waals surface area (Å²) >= 11 is 0. The minimum Gasteiger partial charge on any atom is -0.353 e. The summed E-state index contributed by atoms with van der Waals surface area (Å²) in [5.74, 6) is 1.88. The molecule has 0 aromatic carbocycles. The Morgan fingerprint density at radius 1 is 1.17 bits per heavy atom. The standard InChI is InChI=1S/C19H22N4O/c1-14-11-17(15-4-5-15)18(21-12-14)22-7-9-23(10-8-22)19(24)16-3-2-6-20-13-16/h2-3,6,11-13,15H,4-5,7-10H2,1H3. The van der Waals surface area contributed by atoms with Crippen molar-refractivity contribution in [2.45, 2.75) is 25.7 Å². The van der Waals surface area contributed by atoms with E-state index in [2.05, 4.69) is 22.9 Å². The van der Waals surface area contributed by atoms with Crippen molar-refractivity contribution in [2.24, 2.45) is 0 Å². The van der Waals surface area contributed by atoms with Gasteiger partial charge in [-0.15, -0.1) is 0 Å². The summed E-state index contributed by atoms with van der Waals surface area (Å²) in [6.45, 7) is 5.23. The van der Waals surface area contributed by atoms with Crippen molar-refractivity contribution in [2.75, 3.05) is 31.1 Å². The molecule has 3 heterocycles. The maximum Gasteiger partial charge on any atom is 0.255 e. The monoisotopic (exact) mass is 322 g/mol. The van der Waals surface area contributed by atoms with E-state index in [0.717, 1.165) is 32.0 Å². The van der Waals surface area contributed by atoms with E-state index in [1.54, 1.807) is 12.4 Å². The Kier molecular flexibility index (Phi) is 3.92. The number of piperazine rings is 1. The lowest BCUT2D eigenvalue weighted by atomic mass is 10.1. The average Bonchev–Trinajstić information content (AvgIpc) is 3.47. The highest BCUT2D eigenvalue weighted by atomic mass is 16.2. The van der Waals surface area contributed by atoms with Gasteiger partial charge in [-0.2, -0.15) is 0 Å². The third-order valence-corrected chi connectivity index (χ3v) is 4.82. The summed E-state index contributed by atoms with van der Waals surface area (Å²) in [4.78, 5) is 25.5. The molecule has 5 nitrogen and oxygen atoms in total. The highest BCUT2D eigenvalue weighted by Gasteiger charge is 2.30. The normalized spacial score (nSPS) is 17.9. The van der Waals surface area contributed by atoms with Gasteiger partial charge in [0.15, 0.2) is 0 Å². The molecule has 0 unspecified atom stereocenters. The molecule has 2 aliphatic rings. The maximum absolute atomic E-state index is 12.5. The fraction of sp³-hybridized carbons (Fsp3) is 0.421. The first-order valence-corrected chi connectivity index (χ1v) is 8.63. The number of hydrogen-bond acceptors (Lipinski definition) is 4. The second kappa shape index (κ2) is 6.23. The molecule has 1 amide bonds. The highest BCUT2D eigenvalue weighted by molar-refractivity contribution is 5.94. The molecular formula is C19H22N4O. The van der Waals surface area contributed by atoms with E-state index in [1.807, 2.05) is 23.2 Å². The molecule has 4 rings (SSSR count). The Morgan fingerprint density at radius 2 is 1.96 bits per heavy atom. The fourth-order valence-electron chi connectivity index (χ4n) is 3.34. The van der Waals surface area contributed by atoms with Gasteiger partial charge >= 0.3 is 0 Å². The molecule has 1 saturated carbocycles. The Bertz CT molecular complexity index is 734. The fourth-order valence-corrected chi connectivity index (χ4v) is 3.34. The van der Waals surface area contributed by atoms with Crippen LogP contribution in [0.15, 0.2) is 36.8 Å². The minimum absolute atomic E-state index is 0.0713. The molecule has 0 bridgehead atoms. The number of carbonyl (C=O) groups excluding carboxylic acids is 1. The lowest BCUT2D eigenvalue weighted by Gasteiger charge is -2.36. The number of amides is 1. The summed E-state index contributed by atoms with van der Waals surface area (Å²) in [7, 11) is 0. The van der Waals surface area contributed by atoms with Crippen molar-refractivity contribution >= 4 is 11.7 Å². The quantitative estimate of drug-likeness (QED) is 0.871. The molecule has 2 aromatic heterocycles. The topological polar surface area (TPSA) is 49.3 Å². The summed E-state index contributed by atoms with van der Waals surface area (Å²) in [6.07, 6.45) is 7.84. The van der Waals surface area contributed by atoms with Crippen LogP contribution in [0.5, 0.6) is 0 Å². The zero-order valence-electron chi connectivity index (χ0n) is 14.0. The first-order valence-electron chi connectivity index (χ1n) is 8.63. The van der Waals surface area contributed by atoms with Gasteiger partial charge in [-0.1, -0.05) is 6.07 Å². The lowest BCUT2D eigenvalue weighted by molar-refractivity contribution is 0.0746. The van der Waals surface area contributed by atoms with Crippen LogP contribution in [0.2, 0.25) is 0 Å². The van der Waals surface area contributed by atoms with E-state index in [4.69, 9.17) is 4.98 Å². The number of aromatic nitrogens is 2. The molecule has 1 saturated heterocycles. The molecule has 0 atom stereocenters. The molecule has 1 aliphatic carbocycles. The molecule has 0 N–H and O–H groups in total. The van der Waals surface area contributed by atoms with Gasteiger partial charge < -0.3 is 9.80 Å². The minimum atomic E-state index is 0.0713. The van der Waals surface area contributed by atoms with Gasteiger partial charge in [-0.3, -0.25) is 9.78 Å². The summed E-state index contributed by atoms with van der Waals surface area (Å²) in [5.41, 5.74) is 3.28. The van der Waals surface area contributed by atoms with E-state index >= 15 is 0 Å². The number of pyridine rings is 2. The largest absolute Gasteiger partial charge is 0.353 e. The molecule has 0 spiro atoms. The summed E-state index contributed by atoms with van der Waals surface area (Å²) in [6, 6.07) is 5.92. The number of hydrogen-bond donors (Lipinski definition) is 0. The number of carbonyl (C=O) groups is 1. The first-order chi connectivity index (χ1) is 11.7. The average molecular weight is 322 g/mol. The van der Waals surface area contributed by atoms with Crippen LogP contribution in [-0.4, -0.2) is 47.0 Å². The summed E-state index contributed by atoms with van der Waals surface area (Å²) < 4.78 is 0. The van der Waals surface area contributed by atoms with Crippen LogP contribution in [0.3, 0.4) is 0 Å². The van der Waals surface area contributed by atoms with Crippen LogP contribution in [0.25, 0.3) is 0 Å². The van der Waals surface area contributed by atoms with Crippen LogP contribution in [-0.2, 0) is 0 Å². The van der Waals surface area contributed by atoms with E-state index < -0.39 is 0 Å². The number of rotatable bonds is 3. The maximum atomic E-state index is 12.5. The zero-order chi connectivity index (χ0) is 16.5. The SMILES string of the molecule is Cc1cnc(N2CCN(C(=O)c3cccnc3)CC2)c(C2CC2)c1. The number of nitrogens with zero attached hydrogens (tertiary/aromatic N) is 4. The van der Waals surface area contributed by atoms with Gasteiger partial charge in [0.1, 0.15) is 5.82 Å². The van der Waals surface area contributed by atoms with E-state index in [1.165, 1.54) is 24.0 Å². The van der Waals surface area contributed by atoms with Gasteiger partial charge in [-0.05, 0) is 48.9 Å². The van der Waals surface area contributed by atoms with Crippen molar-refractivity contribution in [1.82, 2.24) is 14.9 Å². The Labute approximate surface area is 142 Å². The Morgan fingerprint density at radius 3 is 2.62 bits per heavy atom. The molecule has 5 heteroatoms. The van der Waals surface area contributed by atoms with E-state index in [0.29, 0.717) is 11.5 Å². The Hall–Kier alpha value is -2.43. The van der Waals surface area contributed by atoms with Crippen LogP contribution >= 0.6 is 0 Å². The Balaban J connectivity index is 1.46. The first kappa shape index (κ1) is 15.1. The van der Waals surface area contributed by atoms with Crippen LogP contribution in [0.4, 0.5) is 5.82 Å². The van der Waals surface area contributed by atoms with Crippen LogP contribution < -0.4 is 4.90 Å². The summed E-state index contributed by atoms with van der Waals surface area (Å²) in [5, 5.41) is 0. The van der Waals surface area contributed by atoms with Gasteiger partial charge in [0.25, 0.3) is 5.91 Å². The van der Waals surface area contributed by atoms with Crippen molar-refractivity contribution in [3.05, 3.63) is 53.5 Å². The van der Waals surface area contributed by atoms with E-state index in [-0.39, 0.29) is 5.91 Å². The third-order valence-electron chi connectivity index (χ3n) is 4.82. The second-order valence-corrected chi connectivity index (χ2v) is 6.72. The molecule has 2 fully saturated rings. The number of anilines is 1. The van der Waals surface area contributed by atoms with Gasteiger partial charge in [-0.25, -0.2) is 4.98 Å². The van der Waals surface area contributed by atoms with Gasteiger partial charge in [0.2, 0.25) is 0 Å². The molecule has 2 aromatic rings.